The van der Waals surface area contributed by atoms with Crippen LogP contribution >= 0.6 is 11.5 Å². The Morgan fingerprint density at radius 2 is 2.43 bits per heavy atom. The number of rotatable bonds is 2. The first-order valence-electron chi connectivity index (χ1n) is 4.81. The maximum Gasteiger partial charge on any atom is 0.106 e. The quantitative estimate of drug-likeness (QED) is 0.812. The Balaban J connectivity index is 2.08. The fourth-order valence-electron chi connectivity index (χ4n) is 2.01. The molecule has 0 spiro atoms. The van der Waals surface area contributed by atoms with Gasteiger partial charge in [0.1, 0.15) is 5.52 Å². The highest BCUT2D eigenvalue weighted by Gasteiger charge is 2.38. The number of hydrogen-bond donors (Lipinski definition) is 1. The molecule has 0 saturated heterocycles. The van der Waals surface area contributed by atoms with Crippen LogP contribution in [0.3, 0.4) is 0 Å². The number of fused-ring (bicyclic) bond motifs is 1. The molecule has 0 radical (unpaired) electrons. The van der Waals surface area contributed by atoms with E-state index in [-0.39, 0.29) is 0 Å². The van der Waals surface area contributed by atoms with Crippen LogP contribution in [0.4, 0.5) is 0 Å². The average molecular weight is 205 g/mol. The minimum atomic E-state index is 0.658. The van der Waals surface area contributed by atoms with Crippen molar-refractivity contribution in [1.82, 2.24) is 9.59 Å². The van der Waals surface area contributed by atoms with Crippen LogP contribution in [0.15, 0.2) is 18.2 Å². The van der Waals surface area contributed by atoms with E-state index in [2.05, 4.69) is 21.7 Å². The molecule has 1 saturated carbocycles. The third kappa shape index (κ3) is 1.14. The second kappa shape index (κ2) is 3.00. The number of hydrogen-bond acceptors (Lipinski definition) is 4. The van der Waals surface area contributed by atoms with Crippen molar-refractivity contribution >= 4 is 21.7 Å². The Morgan fingerprint density at radius 1 is 1.50 bits per heavy atom. The summed E-state index contributed by atoms with van der Waals surface area (Å²) in [6, 6.07) is 6.26. The summed E-state index contributed by atoms with van der Waals surface area (Å²) in [4.78, 5) is 0. The van der Waals surface area contributed by atoms with Crippen molar-refractivity contribution in [1.29, 1.82) is 0 Å². The van der Waals surface area contributed by atoms with Gasteiger partial charge in [-0.2, -0.15) is 0 Å². The Bertz CT molecular complexity index is 465. The summed E-state index contributed by atoms with van der Waals surface area (Å²) in [5, 5.41) is 4.08. The van der Waals surface area contributed by atoms with Gasteiger partial charge >= 0.3 is 0 Å². The first kappa shape index (κ1) is 8.32. The lowest BCUT2D eigenvalue weighted by molar-refractivity contribution is 0.812. The minimum absolute atomic E-state index is 0.658. The zero-order valence-electron chi connectivity index (χ0n) is 7.68. The van der Waals surface area contributed by atoms with E-state index in [9.17, 15) is 0 Å². The van der Waals surface area contributed by atoms with E-state index >= 15 is 0 Å². The molecule has 72 valence electrons. The average Bonchev–Trinajstić information content (AvgIpc) is 2.85. The van der Waals surface area contributed by atoms with E-state index in [1.807, 2.05) is 6.07 Å². The van der Waals surface area contributed by atoms with Crippen molar-refractivity contribution in [3.05, 3.63) is 23.8 Å². The second-order valence-electron chi connectivity index (χ2n) is 3.81. The third-order valence-electron chi connectivity index (χ3n) is 2.93. The van der Waals surface area contributed by atoms with Gasteiger partial charge in [-0.05, 0) is 48.0 Å². The van der Waals surface area contributed by atoms with Gasteiger partial charge in [-0.1, -0.05) is 16.6 Å². The predicted molar refractivity (Wildman–Crippen MR) is 57.3 cm³/mol. The Kier molecular flexibility index (Phi) is 1.78. The zero-order chi connectivity index (χ0) is 9.54. The van der Waals surface area contributed by atoms with E-state index < -0.39 is 0 Å². The van der Waals surface area contributed by atoms with Crippen LogP contribution < -0.4 is 5.73 Å². The van der Waals surface area contributed by atoms with Crippen LogP contribution in [0.25, 0.3) is 10.2 Å². The number of aromatic nitrogens is 2. The summed E-state index contributed by atoms with van der Waals surface area (Å²) >= 11 is 1.49. The van der Waals surface area contributed by atoms with E-state index in [4.69, 9.17) is 5.73 Å². The van der Waals surface area contributed by atoms with E-state index in [0.29, 0.717) is 11.8 Å². The Labute approximate surface area is 86.1 Å². The van der Waals surface area contributed by atoms with Gasteiger partial charge in [0.25, 0.3) is 0 Å². The first-order chi connectivity index (χ1) is 6.90. The highest BCUT2D eigenvalue weighted by molar-refractivity contribution is 7.13. The lowest BCUT2D eigenvalue weighted by Crippen LogP contribution is -2.01. The van der Waals surface area contributed by atoms with E-state index in [1.165, 1.54) is 28.2 Å². The standard InChI is InChI=1S/C10H11N3S/c11-5-6-4-8(6)7-2-1-3-9-10(7)14-13-12-9/h1-3,6,8H,4-5,11H2. The van der Waals surface area contributed by atoms with Gasteiger partial charge in [-0.25, -0.2) is 0 Å². The van der Waals surface area contributed by atoms with Crippen LogP contribution in [0, 0.1) is 5.92 Å². The van der Waals surface area contributed by atoms with Crippen LogP contribution in [-0.2, 0) is 0 Å². The van der Waals surface area contributed by atoms with Crippen LogP contribution in [-0.4, -0.2) is 16.1 Å². The fraction of sp³-hybridized carbons (Fsp3) is 0.400. The molecule has 3 nitrogen and oxygen atoms in total. The van der Waals surface area contributed by atoms with Gasteiger partial charge in [0, 0.05) is 0 Å². The second-order valence-corrected chi connectivity index (χ2v) is 4.56. The minimum Gasteiger partial charge on any atom is -0.330 e. The van der Waals surface area contributed by atoms with Gasteiger partial charge in [-0.15, -0.1) is 5.10 Å². The molecule has 0 amide bonds. The molecular weight excluding hydrogens is 194 g/mol. The summed E-state index contributed by atoms with van der Waals surface area (Å²) in [5.74, 6) is 1.34. The SMILES string of the molecule is NCC1CC1c1cccc2nnsc12. The molecule has 2 N–H and O–H groups in total. The summed E-state index contributed by atoms with van der Waals surface area (Å²) < 4.78 is 5.23. The topological polar surface area (TPSA) is 51.8 Å². The molecule has 1 aliphatic rings. The molecular formula is C10H11N3S. The lowest BCUT2D eigenvalue weighted by atomic mass is 10.1. The van der Waals surface area contributed by atoms with Gasteiger partial charge < -0.3 is 5.73 Å². The third-order valence-corrected chi connectivity index (χ3v) is 3.72. The Morgan fingerprint density at radius 3 is 3.21 bits per heavy atom. The van der Waals surface area contributed by atoms with Gasteiger partial charge in [0.15, 0.2) is 0 Å². The molecule has 4 heteroatoms. The lowest BCUT2D eigenvalue weighted by Gasteiger charge is -1.99. The zero-order valence-corrected chi connectivity index (χ0v) is 8.50. The monoisotopic (exact) mass is 205 g/mol. The number of nitrogens with two attached hydrogens (primary N) is 1. The van der Waals surface area contributed by atoms with Crippen LogP contribution in [0.2, 0.25) is 0 Å². The molecule has 2 atom stereocenters. The first-order valence-corrected chi connectivity index (χ1v) is 5.58. The summed E-state index contributed by atoms with van der Waals surface area (Å²) in [5.41, 5.74) is 8.07. The highest BCUT2D eigenvalue weighted by Crippen LogP contribution is 2.48. The van der Waals surface area contributed by atoms with Gasteiger partial charge in [0.2, 0.25) is 0 Å². The molecule has 14 heavy (non-hydrogen) atoms. The normalized spacial score (nSPS) is 25.5. The van der Waals surface area contributed by atoms with Crippen LogP contribution in [0.1, 0.15) is 17.9 Å². The summed E-state index contributed by atoms with van der Waals surface area (Å²) in [6.45, 7) is 0.799. The van der Waals surface area contributed by atoms with Crippen molar-refractivity contribution in [2.24, 2.45) is 11.7 Å². The van der Waals surface area contributed by atoms with Crippen molar-refractivity contribution < 1.29 is 0 Å². The molecule has 1 aromatic heterocycles. The molecule has 1 aromatic carbocycles. The van der Waals surface area contributed by atoms with E-state index in [0.717, 1.165) is 12.1 Å². The highest BCUT2D eigenvalue weighted by atomic mass is 32.1. The predicted octanol–water partition coefficient (Wildman–Crippen LogP) is 1.75. The molecule has 0 bridgehead atoms. The summed E-state index contributed by atoms with van der Waals surface area (Å²) in [7, 11) is 0. The molecule has 3 rings (SSSR count). The maximum absolute atomic E-state index is 5.65. The molecule has 2 aromatic rings. The summed E-state index contributed by atoms with van der Waals surface area (Å²) in [6.07, 6.45) is 1.23. The van der Waals surface area contributed by atoms with Crippen LogP contribution in [0.5, 0.6) is 0 Å². The van der Waals surface area contributed by atoms with Gasteiger partial charge in [-0.3, -0.25) is 0 Å². The molecule has 1 fully saturated rings. The molecule has 1 aliphatic carbocycles. The molecule has 0 aliphatic heterocycles. The van der Waals surface area contributed by atoms with E-state index in [1.54, 1.807) is 0 Å². The largest absolute Gasteiger partial charge is 0.330 e. The fourth-order valence-corrected chi connectivity index (χ4v) is 2.74. The molecule has 2 unspecified atom stereocenters. The number of nitrogens with zero attached hydrogens (tertiary/aromatic N) is 2. The van der Waals surface area contributed by atoms with Gasteiger partial charge in [0.05, 0.1) is 4.70 Å². The van der Waals surface area contributed by atoms with Crippen molar-refractivity contribution in [3.63, 3.8) is 0 Å². The number of benzene rings is 1. The van der Waals surface area contributed by atoms with Crippen molar-refractivity contribution in [2.45, 2.75) is 12.3 Å². The van der Waals surface area contributed by atoms with Crippen molar-refractivity contribution in [2.75, 3.05) is 6.54 Å². The maximum atomic E-state index is 5.65. The van der Waals surface area contributed by atoms with Crippen molar-refractivity contribution in [3.8, 4) is 0 Å². The Hall–Kier alpha value is -1.00. The molecule has 1 heterocycles. The smallest absolute Gasteiger partial charge is 0.106 e.